The number of carbonyl (C=O) groups excluding carboxylic acids is 3. The maximum Gasteiger partial charge on any atom is 0.340 e. The molecule has 116 valence electrons. The van der Waals surface area contributed by atoms with E-state index in [0.29, 0.717) is 0 Å². The number of imide groups is 1. The van der Waals surface area contributed by atoms with Crippen molar-refractivity contribution in [1.29, 1.82) is 5.26 Å². The maximum atomic E-state index is 12.3. The van der Waals surface area contributed by atoms with E-state index in [-0.39, 0.29) is 19.7 Å². The zero-order valence-corrected chi connectivity index (χ0v) is 12.5. The van der Waals surface area contributed by atoms with Crippen LogP contribution in [0.5, 0.6) is 0 Å². The van der Waals surface area contributed by atoms with Crippen LogP contribution in [0.4, 0.5) is 4.79 Å². The number of carbonyl (C=O) groups is 3. The van der Waals surface area contributed by atoms with Crippen LogP contribution in [0.3, 0.4) is 0 Å². The second-order valence-electron chi connectivity index (χ2n) is 4.47. The van der Waals surface area contributed by atoms with E-state index in [2.05, 4.69) is 0 Å². The molecule has 0 aromatic heterocycles. The molecule has 0 N–H and O–H groups in total. The second kappa shape index (κ2) is 8.42. The van der Waals surface area contributed by atoms with Crippen LogP contribution < -0.4 is 0 Å². The molecule has 0 heterocycles. The third-order valence-electron chi connectivity index (χ3n) is 2.77. The van der Waals surface area contributed by atoms with E-state index in [4.69, 9.17) is 10.00 Å². The first-order valence-electron chi connectivity index (χ1n) is 6.62. The molecule has 0 saturated heterocycles. The van der Waals surface area contributed by atoms with Gasteiger partial charge in [-0.05, 0) is 5.56 Å². The lowest BCUT2D eigenvalue weighted by molar-refractivity contribution is -0.142. The van der Waals surface area contributed by atoms with Gasteiger partial charge in [0.15, 0.2) is 6.19 Å². The van der Waals surface area contributed by atoms with Gasteiger partial charge in [-0.2, -0.15) is 5.26 Å². The summed E-state index contributed by atoms with van der Waals surface area (Å²) in [5, 5.41) is 9.13. The first kappa shape index (κ1) is 17.2. The molecule has 0 atom stereocenters. The average Bonchev–Trinajstić information content (AvgIpc) is 2.49. The predicted octanol–water partition coefficient (Wildman–Crippen LogP) is 1.50. The van der Waals surface area contributed by atoms with Gasteiger partial charge < -0.3 is 4.74 Å². The van der Waals surface area contributed by atoms with E-state index in [0.717, 1.165) is 15.4 Å². The van der Waals surface area contributed by atoms with Gasteiger partial charge in [0.1, 0.15) is 6.61 Å². The molecule has 1 rings (SSSR count). The molecule has 0 bridgehead atoms. The van der Waals surface area contributed by atoms with E-state index in [1.807, 2.05) is 6.07 Å². The summed E-state index contributed by atoms with van der Waals surface area (Å²) >= 11 is 0. The largest absolute Gasteiger partial charge is 0.464 e. The molecule has 0 unspecified atom stereocenters. The minimum atomic E-state index is -0.744. The van der Waals surface area contributed by atoms with Gasteiger partial charge >= 0.3 is 12.0 Å². The molecule has 0 spiro atoms. The van der Waals surface area contributed by atoms with Gasteiger partial charge in [0, 0.05) is 13.8 Å². The maximum absolute atomic E-state index is 12.3. The lowest BCUT2D eigenvalue weighted by atomic mass is 10.2. The smallest absolute Gasteiger partial charge is 0.340 e. The van der Waals surface area contributed by atoms with E-state index < -0.39 is 17.9 Å². The van der Waals surface area contributed by atoms with Crippen molar-refractivity contribution in [1.82, 2.24) is 9.80 Å². The molecule has 7 nitrogen and oxygen atoms in total. The number of esters is 1. The molecule has 1 aromatic carbocycles. The fourth-order valence-corrected chi connectivity index (χ4v) is 1.73. The first-order valence-corrected chi connectivity index (χ1v) is 6.62. The third-order valence-corrected chi connectivity index (χ3v) is 2.77. The van der Waals surface area contributed by atoms with Gasteiger partial charge in [0.05, 0.1) is 13.1 Å². The fraction of sp³-hybridized carbons (Fsp3) is 0.333. The van der Waals surface area contributed by atoms with E-state index >= 15 is 0 Å². The first-order chi connectivity index (χ1) is 10.5. The Bertz CT molecular complexity index is 580. The highest BCUT2D eigenvalue weighted by Gasteiger charge is 2.24. The summed E-state index contributed by atoms with van der Waals surface area (Å²) in [6, 6.07) is 8.20. The minimum absolute atomic E-state index is 0.0630. The highest BCUT2D eigenvalue weighted by Crippen LogP contribution is 2.07. The van der Waals surface area contributed by atoms with Gasteiger partial charge in [-0.3, -0.25) is 14.5 Å². The zero-order valence-electron chi connectivity index (χ0n) is 12.5. The number of benzene rings is 1. The summed E-state index contributed by atoms with van der Waals surface area (Å²) < 4.78 is 4.72. The van der Waals surface area contributed by atoms with Crippen LogP contribution in [-0.2, 0) is 20.9 Å². The number of hydrogen-bond acceptors (Lipinski definition) is 5. The number of ether oxygens (including phenoxy) is 1. The molecule has 0 aliphatic carbocycles. The Morgan fingerprint density at radius 3 is 2.32 bits per heavy atom. The summed E-state index contributed by atoms with van der Waals surface area (Å²) in [7, 11) is 0. The average molecular weight is 303 g/mol. The summed E-state index contributed by atoms with van der Waals surface area (Å²) in [6.07, 6.45) is 1.77. The highest BCUT2D eigenvalue weighted by molar-refractivity contribution is 5.93. The SMILES string of the molecule is CC(=O)OCCN(C(C)=O)C(=O)N(C#N)Cc1ccccc1. The summed E-state index contributed by atoms with van der Waals surface area (Å²) in [6.45, 7) is 2.31. The second-order valence-corrected chi connectivity index (χ2v) is 4.47. The Morgan fingerprint density at radius 1 is 1.18 bits per heavy atom. The summed E-state index contributed by atoms with van der Waals surface area (Å²) in [4.78, 5) is 36.3. The Balaban J connectivity index is 2.75. The van der Waals surface area contributed by atoms with Gasteiger partial charge in [-0.15, -0.1) is 0 Å². The molecule has 0 radical (unpaired) electrons. The van der Waals surface area contributed by atoms with Crippen LogP contribution in [0.2, 0.25) is 0 Å². The molecule has 3 amide bonds. The third kappa shape index (κ3) is 5.25. The van der Waals surface area contributed by atoms with Crippen LogP contribution >= 0.6 is 0 Å². The van der Waals surface area contributed by atoms with Crippen molar-refractivity contribution in [2.24, 2.45) is 0 Å². The van der Waals surface area contributed by atoms with Gasteiger partial charge in [0.25, 0.3) is 0 Å². The Morgan fingerprint density at radius 2 is 1.82 bits per heavy atom. The van der Waals surface area contributed by atoms with Crippen molar-refractivity contribution < 1.29 is 19.1 Å². The van der Waals surface area contributed by atoms with Crippen LogP contribution in [0.25, 0.3) is 0 Å². The van der Waals surface area contributed by atoms with Gasteiger partial charge in [-0.25, -0.2) is 9.69 Å². The quantitative estimate of drug-likeness (QED) is 0.467. The van der Waals surface area contributed by atoms with E-state index in [9.17, 15) is 14.4 Å². The van der Waals surface area contributed by atoms with Crippen molar-refractivity contribution in [2.45, 2.75) is 20.4 Å². The molecule has 0 fully saturated rings. The van der Waals surface area contributed by atoms with Crippen molar-refractivity contribution in [3.8, 4) is 6.19 Å². The number of hydrogen-bond donors (Lipinski definition) is 0. The standard InChI is InChI=1S/C15H17N3O4/c1-12(19)18(8-9-22-13(2)20)15(21)17(11-16)10-14-6-4-3-5-7-14/h3-7H,8-10H2,1-2H3. The van der Waals surface area contributed by atoms with Crippen LogP contribution in [0.15, 0.2) is 30.3 Å². The molecule has 0 aliphatic heterocycles. The van der Waals surface area contributed by atoms with E-state index in [1.54, 1.807) is 30.5 Å². The van der Waals surface area contributed by atoms with Crippen molar-refractivity contribution in [3.05, 3.63) is 35.9 Å². The van der Waals surface area contributed by atoms with Crippen LogP contribution in [-0.4, -0.2) is 40.9 Å². The fourth-order valence-electron chi connectivity index (χ4n) is 1.73. The molecule has 1 aromatic rings. The van der Waals surface area contributed by atoms with Crippen molar-refractivity contribution in [3.63, 3.8) is 0 Å². The Kier molecular flexibility index (Phi) is 6.57. The number of urea groups is 1. The molecule has 7 heteroatoms. The van der Waals surface area contributed by atoms with Crippen LogP contribution in [0, 0.1) is 11.5 Å². The molecular formula is C15H17N3O4. The highest BCUT2D eigenvalue weighted by atomic mass is 16.5. The predicted molar refractivity (Wildman–Crippen MR) is 77.0 cm³/mol. The van der Waals surface area contributed by atoms with Crippen molar-refractivity contribution in [2.75, 3.05) is 13.2 Å². The lowest BCUT2D eigenvalue weighted by Gasteiger charge is -2.23. The normalized spacial score (nSPS) is 9.50. The monoisotopic (exact) mass is 303 g/mol. The topological polar surface area (TPSA) is 90.7 Å². The number of nitrogens with zero attached hydrogens (tertiary/aromatic N) is 3. The minimum Gasteiger partial charge on any atom is -0.464 e. The molecule has 0 saturated carbocycles. The molecule has 0 aliphatic rings. The lowest BCUT2D eigenvalue weighted by Crippen LogP contribution is -2.44. The summed E-state index contributed by atoms with van der Waals surface area (Å²) in [5.74, 6) is -1.03. The Hall–Kier alpha value is -2.88. The van der Waals surface area contributed by atoms with E-state index in [1.165, 1.54) is 13.8 Å². The number of rotatable bonds is 5. The molecular weight excluding hydrogens is 286 g/mol. The van der Waals surface area contributed by atoms with Gasteiger partial charge in [-0.1, -0.05) is 30.3 Å². The number of amides is 3. The zero-order chi connectivity index (χ0) is 16.5. The molecule has 22 heavy (non-hydrogen) atoms. The Labute approximate surface area is 128 Å². The van der Waals surface area contributed by atoms with Crippen LogP contribution in [0.1, 0.15) is 19.4 Å². The summed E-state index contributed by atoms with van der Waals surface area (Å²) in [5.41, 5.74) is 0.765. The van der Waals surface area contributed by atoms with Crippen molar-refractivity contribution >= 4 is 17.9 Å². The number of nitriles is 1. The van der Waals surface area contributed by atoms with Gasteiger partial charge in [0.2, 0.25) is 5.91 Å².